The average molecular weight is 367 g/mol. The highest BCUT2D eigenvalue weighted by molar-refractivity contribution is 7.16. The van der Waals surface area contributed by atoms with Gasteiger partial charge < -0.3 is 5.32 Å². The van der Waals surface area contributed by atoms with Crippen molar-refractivity contribution < 1.29 is 4.79 Å². The minimum Gasteiger partial charge on any atom is -0.312 e. The summed E-state index contributed by atoms with van der Waals surface area (Å²) in [4.78, 5) is 13.9. The first-order valence-corrected chi connectivity index (χ1v) is 10.1. The molecule has 0 fully saturated rings. The quantitative estimate of drug-likeness (QED) is 0.752. The molecule has 1 atom stereocenters. The topological polar surface area (TPSA) is 52.9 Å². The summed E-state index contributed by atoms with van der Waals surface area (Å²) in [6, 6.07) is 9.88. The van der Waals surface area contributed by atoms with Crippen LogP contribution in [0.5, 0.6) is 0 Å². The second-order valence-corrected chi connectivity index (χ2v) is 8.98. The fourth-order valence-corrected chi connectivity index (χ4v) is 5.02. The van der Waals surface area contributed by atoms with E-state index in [1.807, 2.05) is 31.2 Å². The van der Waals surface area contributed by atoms with Gasteiger partial charge in [0, 0.05) is 10.4 Å². The van der Waals surface area contributed by atoms with Gasteiger partial charge in [-0.3, -0.25) is 4.79 Å². The number of hydrogen-bond donors (Lipinski definition) is 1. The third-order valence-electron chi connectivity index (χ3n) is 6.01. The Bertz CT molecular complexity index is 873. The number of amides is 1. The van der Waals surface area contributed by atoms with Gasteiger partial charge in [-0.05, 0) is 54.7 Å². The lowest BCUT2D eigenvalue weighted by Crippen LogP contribution is -2.28. The van der Waals surface area contributed by atoms with Crippen LogP contribution in [0.3, 0.4) is 0 Å². The molecule has 0 radical (unpaired) electrons. The van der Waals surface area contributed by atoms with Crippen LogP contribution < -0.4 is 5.32 Å². The van der Waals surface area contributed by atoms with Crippen molar-refractivity contribution in [2.24, 2.45) is 11.3 Å². The Hall–Kier alpha value is -2.12. The van der Waals surface area contributed by atoms with Gasteiger partial charge in [0.1, 0.15) is 11.1 Å². The third-order valence-corrected chi connectivity index (χ3v) is 7.18. The Morgan fingerprint density at radius 1 is 1.38 bits per heavy atom. The first-order valence-electron chi connectivity index (χ1n) is 9.29. The van der Waals surface area contributed by atoms with E-state index in [1.165, 1.54) is 4.88 Å². The van der Waals surface area contributed by atoms with Crippen LogP contribution in [0, 0.1) is 29.6 Å². The molecule has 26 heavy (non-hydrogen) atoms. The fraction of sp³-hybridized carbons (Fsp3) is 0.455. The lowest BCUT2D eigenvalue weighted by molar-refractivity contribution is 0.102. The van der Waals surface area contributed by atoms with Crippen LogP contribution >= 0.6 is 11.3 Å². The number of benzene rings is 1. The van der Waals surface area contributed by atoms with Crippen molar-refractivity contribution in [3.8, 4) is 6.07 Å². The number of carbonyl (C=O) groups excluding carboxylic acids is 1. The maximum atomic E-state index is 12.7. The summed E-state index contributed by atoms with van der Waals surface area (Å²) in [5.74, 6) is 0.494. The molecule has 1 aromatic heterocycles. The standard InChI is InChI=1S/C22H26N2OS/c1-5-22(3,4)15-10-11-17-18(13-23)21(26-19(17)12-15)24-20(25)16-9-7-6-8-14(16)2/h6-9,15H,5,10-12H2,1-4H3,(H,24,25)/t15-/m0/s1. The zero-order chi connectivity index (χ0) is 18.9. The van der Waals surface area contributed by atoms with Gasteiger partial charge in [-0.2, -0.15) is 5.26 Å². The molecule has 1 amide bonds. The summed E-state index contributed by atoms with van der Waals surface area (Å²) >= 11 is 1.59. The summed E-state index contributed by atoms with van der Waals surface area (Å²) < 4.78 is 0. The highest BCUT2D eigenvalue weighted by Crippen LogP contribution is 2.45. The van der Waals surface area contributed by atoms with E-state index >= 15 is 0 Å². The smallest absolute Gasteiger partial charge is 0.256 e. The number of fused-ring (bicyclic) bond motifs is 1. The Labute approximate surface area is 160 Å². The molecule has 3 nitrogen and oxygen atoms in total. The zero-order valence-electron chi connectivity index (χ0n) is 16.0. The molecule has 0 saturated heterocycles. The van der Waals surface area contributed by atoms with Crippen molar-refractivity contribution in [1.29, 1.82) is 5.26 Å². The van der Waals surface area contributed by atoms with Crippen LogP contribution in [0.2, 0.25) is 0 Å². The van der Waals surface area contributed by atoms with Crippen LogP contribution in [-0.2, 0) is 12.8 Å². The Kier molecular flexibility index (Phi) is 5.20. The van der Waals surface area contributed by atoms with Crippen molar-refractivity contribution in [3.05, 3.63) is 51.4 Å². The lowest BCUT2D eigenvalue weighted by atomic mass is 9.69. The number of aryl methyl sites for hydroxylation is 1. The average Bonchev–Trinajstić information content (AvgIpc) is 2.97. The van der Waals surface area contributed by atoms with Gasteiger partial charge in [-0.15, -0.1) is 11.3 Å². The minimum absolute atomic E-state index is 0.136. The summed E-state index contributed by atoms with van der Waals surface area (Å²) in [5, 5.41) is 13.4. The van der Waals surface area contributed by atoms with E-state index in [1.54, 1.807) is 11.3 Å². The number of thiophene rings is 1. The van der Waals surface area contributed by atoms with E-state index in [-0.39, 0.29) is 5.91 Å². The molecule has 0 aliphatic heterocycles. The molecule has 0 saturated carbocycles. The predicted octanol–water partition coefficient (Wildman–Crippen LogP) is 5.72. The number of nitrogens with one attached hydrogen (secondary N) is 1. The van der Waals surface area contributed by atoms with E-state index in [9.17, 15) is 10.1 Å². The van der Waals surface area contributed by atoms with Crippen LogP contribution in [0.25, 0.3) is 0 Å². The minimum atomic E-state index is -0.136. The highest BCUT2D eigenvalue weighted by atomic mass is 32.1. The Morgan fingerprint density at radius 2 is 2.12 bits per heavy atom. The molecule has 3 rings (SSSR count). The summed E-state index contributed by atoms with van der Waals surface area (Å²) in [7, 11) is 0. The fourth-order valence-electron chi connectivity index (χ4n) is 3.75. The van der Waals surface area contributed by atoms with Gasteiger partial charge in [0.25, 0.3) is 5.91 Å². The van der Waals surface area contributed by atoms with Gasteiger partial charge in [0.15, 0.2) is 0 Å². The summed E-state index contributed by atoms with van der Waals surface area (Å²) in [6.45, 7) is 8.85. The van der Waals surface area contributed by atoms with Crippen LogP contribution in [0.4, 0.5) is 5.00 Å². The van der Waals surface area contributed by atoms with Crippen molar-refractivity contribution >= 4 is 22.2 Å². The SMILES string of the molecule is CCC(C)(C)[C@H]1CCc2c(sc(NC(=O)c3ccccc3C)c2C#N)C1. The molecule has 4 heteroatoms. The number of nitrogens with zero attached hydrogens (tertiary/aromatic N) is 1. The number of rotatable bonds is 4. The normalized spacial score (nSPS) is 16.7. The van der Waals surface area contributed by atoms with Crippen LogP contribution in [-0.4, -0.2) is 5.91 Å². The molecule has 136 valence electrons. The van der Waals surface area contributed by atoms with E-state index in [0.717, 1.165) is 36.8 Å². The second kappa shape index (κ2) is 7.25. The van der Waals surface area contributed by atoms with Crippen LogP contribution in [0.15, 0.2) is 24.3 Å². The lowest BCUT2D eigenvalue weighted by Gasteiger charge is -2.36. The highest BCUT2D eigenvalue weighted by Gasteiger charge is 2.34. The van der Waals surface area contributed by atoms with E-state index in [0.29, 0.717) is 27.5 Å². The molecule has 1 aliphatic rings. The number of anilines is 1. The van der Waals surface area contributed by atoms with Crippen LogP contribution in [0.1, 0.15) is 65.5 Å². The largest absolute Gasteiger partial charge is 0.312 e. The first kappa shape index (κ1) is 18.7. The molecule has 1 aromatic carbocycles. The van der Waals surface area contributed by atoms with Gasteiger partial charge in [-0.1, -0.05) is 45.4 Å². The molecule has 1 heterocycles. The van der Waals surface area contributed by atoms with Crippen molar-refractivity contribution in [3.63, 3.8) is 0 Å². The Morgan fingerprint density at radius 3 is 2.77 bits per heavy atom. The maximum absolute atomic E-state index is 12.7. The number of hydrogen-bond acceptors (Lipinski definition) is 3. The summed E-state index contributed by atoms with van der Waals surface area (Å²) in [6.07, 6.45) is 4.21. The maximum Gasteiger partial charge on any atom is 0.256 e. The van der Waals surface area contributed by atoms with E-state index < -0.39 is 0 Å². The van der Waals surface area contributed by atoms with Crippen molar-refractivity contribution in [2.45, 2.75) is 53.4 Å². The molecule has 1 aliphatic carbocycles. The van der Waals surface area contributed by atoms with E-state index in [4.69, 9.17) is 0 Å². The number of nitriles is 1. The van der Waals surface area contributed by atoms with E-state index in [2.05, 4.69) is 32.2 Å². The molecular weight excluding hydrogens is 340 g/mol. The molecular formula is C22H26N2OS. The number of carbonyl (C=O) groups is 1. The molecule has 0 bridgehead atoms. The van der Waals surface area contributed by atoms with Gasteiger partial charge >= 0.3 is 0 Å². The Balaban J connectivity index is 1.88. The first-order chi connectivity index (χ1) is 12.4. The third kappa shape index (κ3) is 3.41. The molecule has 0 unspecified atom stereocenters. The molecule has 1 N–H and O–H groups in total. The van der Waals surface area contributed by atoms with Crippen molar-refractivity contribution in [1.82, 2.24) is 0 Å². The predicted molar refractivity (Wildman–Crippen MR) is 108 cm³/mol. The monoisotopic (exact) mass is 366 g/mol. The molecule has 2 aromatic rings. The van der Waals surface area contributed by atoms with Gasteiger partial charge in [0.05, 0.1) is 5.56 Å². The van der Waals surface area contributed by atoms with Gasteiger partial charge in [-0.25, -0.2) is 0 Å². The summed E-state index contributed by atoms with van der Waals surface area (Å²) in [5.41, 5.74) is 3.72. The second-order valence-electron chi connectivity index (χ2n) is 7.87. The zero-order valence-corrected chi connectivity index (χ0v) is 16.8. The van der Waals surface area contributed by atoms with Gasteiger partial charge in [0.2, 0.25) is 0 Å². The molecule has 0 spiro atoms. The van der Waals surface area contributed by atoms with Crippen molar-refractivity contribution in [2.75, 3.05) is 5.32 Å².